The highest BCUT2D eigenvalue weighted by Gasteiger charge is 2.62. The molecule has 2 saturated carbocycles. The van der Waals surface area contributed by atoms with Gasteiger partial charge in [-0.2, -0.15) is 0 Å². The van der Waals surface area contributed by atoms with Crippen molar-refractivity contribution in [3.63, 3.8) is 0 Å². The van der Waals surface area contributed by atoms with Crippen molar-refractivity contribution in [1.29, 1.82) is 0 Å². The van der Waals surface area contributed by atoms with E-state index in [0.29, 0.717) is 30.8 Å². The van der Waals surface area contributed by atoms with Crippen molar-refractivity contribution in [2.24, 2.45) is 11.3 Å². The molecule has 2 aliphatic heterocycles. The normalized spacial score (nSPS) is 28.0. The zero-order valence-electron chi connectivity index (χ0n) is 29.2. The lowest BCUT2D eigenvalue weighted by atomic mass is 9.85. The van der Waals surface area contributed by atoms with Crippen LogP contribution in [0.25, 0.3) is 11.8 Å². The third-order valence-corrected chi connectivity index (χ3v) is 11.8. The molecule has 0 spiro atoms. The highest BCUT2D eigenvalue weighted by molar-refractivity contribution is 7.91. The summed E-state index contributed by atoms with van der Waals surface area (Å²) < 4.78 is 32.9. The molecule has 6 bridgehead atoms. The highest BCUT2D eigenvalue weighted by Crippen LogP contribution is 2.46. The van der Waals surface area contributed by atoms with E-state index >= 15 is 0 Å². The van der Waals surface area contributed by atoms with E-state index in [2.05, 4.69) is 43.4 Å². The monoisotopic (exact) mass is 722 g/mol. The zero-order chi connectivity index (χ0) is 36.6. The molecule has 274 valence electrons. The van der Waals surface area contributed by atoms with E-state index in [1.54, 1.807) is 20.8 Å². The van der Waals surface area contributed by atoms with Crippen LogP contribution in [0.1, 0.15) is 89.4 Å². The molecule has 16 heteroatoms. The van der Waals surface area contributed by atoms with E-state index in [-0.39, 0.29) is 26.0 Å². The van der Waals surface area contributed by atoms with Crippen molar-refractivity contribution in [3.8, 4) is 5.69 Å². The third kappa shape index (κ3) is 8.00. The molecule has 0 radical (unpaired) electrons. The van der Waals surface area contributed by atoms with Crippen LogP contribution in [0.4, 0.5) is 4.79 Å². The summed E-state index contributed by atoms with van der Waals surface area (Å²) in [6, 6.07) is 5.47. The Morgan fingerprint density at radius 3 is 2.65 bits per heavy atom. The third-order valence-electron chi connectivity index (χ3n) is 9.96. The van der Waals surface area contributed by atoms with Crippen molar-refractivity contribution in [1.82, 2.24) is 40.5 Å². The van der Waals surface area contributed by atoms with Crippen LogP contribution in [0.3, 0.4) is 0 Å². The summed E-state index contributed by atoms with van der Waals surface area (Å²) in [5, 5.41) is 18.1. The standard InChI is InChI=1S/C35H46N8O7S/c1-5-24-20-35(24,32(46)40-51(48,49)26-15-16-26)37-30(44)27-19-23-21-42(27)31(45)28(34(2,3)4)36-33(47)50-17-10-8-6-7-9-12-22-13-11-14-25(18-22)43-39-29(23)38-41-43/h5,9,11-14,18,23-24,26-28H,1,6-8,10,15-17,19-21H2,2-4H3,(H,36,47)(H,37,44)(H,40,46)/b12-9-/t23-,24-,27+,28-,35-/m1/s1. The molecule has 2 aromatic rings. The van der Waals surface area contributed by atoms with Gasteiger partial charge < -0.3 is 20.3 Å². The van der Waals surface area contributed by atoms with Gasteiger partial charge in [0.15, 0.2) is 5.82 Å². The van der Waals surface area contributed by atoms with Crippen LogP contribution in [-0.4, -0.2) is 93.4 Å². The van der Waals surface area contributed by atoms with Crippen molar-refractivity contribution < 1.29 is 32.3 Å². The molecule has 1 aromatic heterocycles. The maximum absolute atomic E-state index is 14.4. The molecule has 3 fully saturated rings. The summed E-state index contributed by atoms with van der Waals surface area (Å²) >= 11 is 0. The molecular weight excluding hydrogens is 677 g/mol. The number of ether oxygens (including phenoxy) is 1. The molecule has 2 aliphatic carbocycles. The number of rotatable bonds is 6. The number of cyclic esters (lactones) is 1. The first-order valence-corrected chi connectivity index (χ1v) is 19.1. The van der Waals surface area contributed by atoms with Gasteiger partial charge in [0.2, 0.25) is 21.8 Å². The first-order valence-electron chi connectivity index (χ1n) is 17.5. The Hall–Kier alpha value is -4.60. The van der Waals surface area contributed by atoms with Gasteiger partial charge >= 0.3 is 6.09 Å². The summed E-state index contributed by atoms with van der Waals surface area (Å²) in [6.45, 7) is 9.37. The van der Waals surface area contributed by atoms with Gasteiger partial charge in [-0.05, 0) is 79.7 Å². The molecule has 5 atom stereocenters. The fourth-order valence-electron chi connectivity index (χ4n) is 6.68. The van der Waals surface area contributed by atoms with Crippen LogP contribution in [0, 0.1) is 11.3 Å². The number of benzene rings is 1. The minimum Gasteiger partial charge on any atom is -0.450 e. The quantitative estimate of drug-likeness (QED) is 0.373. The van der Waals surface area contributed by atoms with Crippen LogP contribution in [0.5, 0.6) is 0 Å². The minimum atomic E-state index is -3.89. The average molecular weight is 723 g/mol. The van der Waals surface area contributed by atoms with E-state index in [1.165, 1.54) is 15.8 Å². The van der Waals surface area contributed by atoms with Crippen molar-refractivity contribution in [2.75, 3.05) is 13.2 Å². The van der Waals surface area contributed by atoms with Crippen molar-refractivity contribution in [2.45, 2.75) is 101 Å². The SMILES string of the molecule is C=C[C@@H]1C[C@]1(NC(=O)[C@@H]1C[C@@H]2CN1C(=O)[C@H](C(C)(C)C)NC(=O)OCCCCC/C=C\c1cccc(c1)-n1nnc2n1)C(=O)NS(=O)(=O)C1CC1. The van der Waals surface area contributed by atoms with E-state index in [9.17, 15) is 27.6 Å². The van der Waals surface area contributed by atoms with Gasteiger partial charge in [-0.3, -0.25) is 19.1 Å². The van der Waals surface area contributed by atoms with E-state index in [0.717, 1.165) is 24.8 Å². The van der Waals surface area contributed by atoms with Crippen LogP contribution in [0.15, 0.2) is 43.0 Å². The van der Waals surface area contributed by atoms with Gasteiger partial charge in [0.25, 0.3) is 5.91 Å². The van der Waals surface area contributed by atoms with Gasteiger partial charge in [-0.1, -0.05) is 51.1 Å². The molecule has 51 heavy (non-hydrogen) atoms. The van der Waals surface area contributed by atoms with Crippen LogP contribution >= 0.6 is 0 Å². The molecule has 4 amide bonds. The summed E-state index contributed by atoms with van der Waals surface area (Å²) in [5.74, 6) is -2.73. The molecule has 4 aliphatic rings. The Bertz CT molecular complexity index is 1830. The van der Waals surface area contributed by atoms with Crippen molar-refractivity contribution in [3.05, 3.63) is 54.4 Å². The second-order valence-corrected chi connectivity index (χ2v) is 16.9. The number of hydrogen-bond donors (Lipinski definition) is 3. The van der Waals surface area contributed by atoms with Crippen LogP contribution < -0.4 is 15.4 Å². The number of carbonyl (C=O) groups is 4. The van der Waals surface area contributed by atoms with Gasteiger partial charge in [0.05, 0.1) is 17.5 Å². The molecule has 3 heterocycles. The number of tetrazole rings is 1. The number of aromatic nitrogens is 4. The lowest BCUT2D eigenvalue weighted by Gasteiger charge is -2.35. The zero-order valence-corrected chi connectivity index (χ0v) is 30.0. The maximum atomic E-state index is 14.4. The number of alkyl carbamates (subject to hydrolysis) is 1. The maximum Gasteiger partial charge on any atom is 0.407 e. The second-order valence-electron chi connectivity index (χ2n) is 15.0. The molecule has 0 unspecified atom stereocenters. The predicted octanol–water partition coefficient (Wildman–Crippen LogP) is 2.74. The lowest BCUT2D eigenvalue weighted by molar-refractivity contribution is -0.142. The Morgan fingerprint density at radius 1 is 1.16 bits per heavy atom. The number of nitrogens with one attached hydrogen (secondary N) is 3. The van der Waals surface area contributed by atoms with E-state index < -0.39 is 74.0 Å². The second kappa shape index (κ2) is 14.2. The molecule has 15 nitrogen and oxygen atoms in total. The fourth-order valence-corrected chi connectivity index (χ4v) is 8.05. The van der Waals surface area contributed by atoms with Crippen LogP contribution in [-0.2, 0) is 29.1 Å². The largest absolute Gasteiger partial charge is 0.450 e. The van der Waals surface area contributed by atoms with Crippen LogP contribution in [0.2, 0.25) is 0 Å². The smallest absolute Gasteiger partial charge is 0.407 e. The summed E-state index contributed by atoms with van der Waals surface area (Å²) in [6.07, 6.45) is 9.31. The Kier molecular flexibility index (Phi) is 10.1. The number of nitrogens with zero attached hydrogens (tertiary/aromatic N) is 5. The summed E-state index contributed by atoms with van der Waals surface area (Å²) in [4.78, 5) is 57.9. The molecular formula is C35H46N8O7S. The number of amides is 4. The number of carbonyl (C=O) groups excluding carboxylic acids is 4. The number of fused-ring (bicyclic) bond motifs is 8. The Morgan fingerprint density at radius 2 is 1.94 bits per heavy atom. The predicted molar refractivity (Wildman–Crippen MR) is 187 cm³/mol. The number of hydrogen-bond acceptors (Lipinski definition) is 10. The van der Waals surface area contributed by atoms with Gasteiger partial charge in [-0.25, -0.2) is 13.2 Å². The number of sulfonamides is 1. The van der Waals surface area contributed by atoms with Gasteiger partial charge in [-0.15, -0.1) is 21.6 Å². The highest BCUT2D eigenvalue weighted by atomic mass is 32.2. The van der Waals surface area contributed by atoms with E-state index in [1.807, 2.05) is 30.3 Å². The Labute approximate surface area is 297 Å². The fraction of sp³-hybridized carbons (Fsp3) is 0.571. The molecule has 3 N–H and O–H groups in total. The number of allylic oxidation sites excluding steroid dienone is 1. The average Bonchev–Trinajstić information content (AvgIpc) is 3.96. The minimum absolute atomic E-state index is 0.0227. The van der Waals surface area contributed by atoms with Gasteiger partial charge in [0, 0.05) is 18.4 Å². The first-order chi connectivity index (χ1) is 24.2. The van der Waals surface area contributed by atoms with Crippen molar-refractivity contribution >= 4 is 39.9 Å². The molecule has 6 rings (SSSR count). The molecule has 1 saturated heterocycles. The Balaban J connectivity index is 1.31. The topological polar surface area (TPSA) is 195 Å². The lowest BCUT2D eigenvalue weighted by Crippen LogP contribution is -2.60. The first kappa shape index (κ1) is 36.2. The van der Waals surface area contributed by atoms with Gasteiger partial charge in [0.1, 0.15) is 17.6 Å². The summed E-state index contributed by atoms with van der Waals surface area (Å²) in [5.41, 5.74) is -0.678. The van der Waals surface area contributed by atoms with E-state index in [4.69, 9.17) is 4.74 Å². The molecule has 1 aromatic carbocycles. The summed E-state index contributed by atoms with van der Waals surface area (Å²) in [7, 11) is -3.89.